The van der Waals surface area contributed by atoms with Crippen molar-refractivity contribution in [1.82, 2.24) is 4.90 Å². The number of aromatic hydroxyl groups is 1. The number of phenolic OH excluding ortho intramolecular Hbond substituents is 1. The van der Waals surface area contributed by atoms with E-state index in [1.165, 1.54) is 0 Å². The van der Waals surface area contributed by atoms with E-state index in [0.29, 0.717) is 23.5 Å². The average molecular weight is 368 g/mol. The number of likely N-dealkylation sites (tertiary alicyclic amines) is 1. The maximum absolute atomic E-state index is 12.2. The number of phenols is 1. The fourth-order valence-corrected chi connectivity index (χ4v) is 3.92. The third-order valence-corrected chi connectivity index (χ3v) is 5.33. The van der Waals surface area contributed by atoms with Crippen LogP contribution in [0.25, 0.3) is 0 Å². The Labute approximate surface area is 153 Å². The standard InChI is InChI=1S/C19H26ClNO4/c1-19(2,3)25-18(23)21-9-13-7-15(8-14(13)10-21)24-11-12-5-4-6-16(22)17(12)20/h4-6,13-15,22H,7-11H2,1-3H3/t13-,14+,15?. The SMILES string of the molecule is CC(C)(C)OC(=O)N1C[C@H]2CC(OCc3cccc(O)c3Cl)C[C@H]2C1. The van der Waals surface area contributed by atoms with Crippen LogP contribution in [0, 0.1) is 11.8 Å². The van der Waals surface area contributed by atoms with Gasteiger partial charge < -0.3 is 19.5 Å². The highest BCUT2D eigenvalue weighted by Crippen LogP contribution is 2.40. The maximum Gasteiger partial charge on any atom is 0.410 e. The number of benzene rings is 1. The van der Waals surface area contributed by atoms with Crippen LogP contribution in [-0.2, 0) is 16.1 Å². The molecule has 0 aromatic heterocycles. The van der Waals surface area contributed by atoms with Crippen LogP contribution >= 0.6 is 11.6 Å². The Bertz CT molecular complexity index is 629. The predicted octanol–water partition coefficient (Wildman–Crippen LogP) is 4.21. The molecule has 1 N–H and O–H groups in total. The number of nitrogens with zero attached hydrogens (tertiary/aromatic N) is 1. The molecule has 138 valence electrons. The lowest BCUT2D eigenvalue weighted by molar-refractivity contribution is 0.0205. The second kappa shape index (κ2) is 7.04. The maximum atomic E-state index is 12.2. The molecule has 1 saturated carbocycles. The van der Waals surface area contributed by atoms with Gasteiger partial charge in [-0.3, -0.25) is 0 Å². The van der Waals surface area contributed by atoms with Gasteiger partial charge in [0.05, 0.1) is 17.7 Å². The van der Waals surface area contributed by atoms with E-state index < -0.39 is 5.60 Å². The summed E-state index contributed by atoms with van der Waals surface area (Å²) in [4.78, 5) is 14.0. The molecule has 3 atom stereocenters. The normalized spacial score (nSPS) is 25.9. The summed E-state index contributed by atoms with van der Waals surface area (Å²) in [6.07, 6.45) is 1.85. The van der Waals surface area contributed by atoms with Crippen molar-refractivity contribution in [3.8, 4) is 5.75 Å². The van der Waals surface area contributed by atoms with Crippen molar-refractivity contribution in [3.63, 3.8) is 0 Å². The highest BCUT2D eigenvalue weighted by Gasteiger charge is 2.43. The number of carbonyl (C=O) groups is 1. The Hall–Kier alpha value is -1.46. The number of amides is 1. The molecular weight excluding hydrogens is 342 g/mol. The Kier molecular flexibility index (Phi) is 5.16. The van der Waals surface area contributed by atoms with Gasteiger partial charge in [-0.05, 0) is 51.5 Å². The second-order valence-electron chi connectivity index (χ2n) is 8.06. The van der Waals surface area contributed by atoms with E-state index in [0.717, 1.165) is 31.5 Å². The molecular formula is C19H26ClNO4. The quantitative estimate of drug-likeness (QED) is 0.869. The third-order valence-electron chi connectivity index (χ3n) is 4.89. The second-order valence-corrected chi connectivity index (χ2v) is 8.44. The van der Waals surface area contributed by atoms with E-state index in [2.05, 4.69) is 0 Å². The summed E-state index contributed by atoms with van der Waals surface area (Å²) in [7, 11) is 0. The van der Waals surface area contributed by atoms with E-state index in [-0.39, 0.29) is 17.9 Å². The fraction of sp³-hybridized carbons (Fsp3) is 0.632. The largest absolute Gasteiger partial charge is 0.506 e. The third kappa shape index (κ3) is 4.39. The van der Waals surface area contributed by atoms with Crippen molar-refractivity contribution < 1.29 is 19.4 Å². The smallest absolute Gasteiger partial charge is 0.410 e. The predicted molar refractivity (Wildman–Crippen MR) is 95.7 cm³/mol. The number of rotatable bonds is 3. The summed E-state index contributed by atoms with van der Waals surface area (Å²) in [6.45, 7) is 7.54. The van der Waals surface area contributed by atoms with Gasteiger partial charge in [-0.2, -0.15) is 0 Å². The molecule has 2 fully saturated rings. The Morgan fingerprint density at radius 3 is 2.52 bits per heavy atom. The van der Waals surface area contributed by atoms with Crippen molar-refractivity contribution in [1.29, 1.82) is 0 Å². The van der Waals surface area contributed by atoms with E-state index in [4.69, 9.17) is 21.1 Å². The van der Waals surface area contributed by atoms with Gasteiger partial charge in [0.1, 0.15) is 11.4 Å². The van der Waals surface area contributed by atoms with Gasteiger partial charge in [-0.1, -0.05) is 23.7 Å². The van der Waals surface area contributed by atoms with Crippen LogP contribution in [0.2, 0.25) is 5.02 Å². The minimum absolute atomic E-state index is 0.0825. The average Bonchev–Trinajstić information content (AvgIpc) is 3.05. The van der Waals surface area contributed by atoms with E-state index in [1.807, 2.05) is 31.7 Å². The number of hydrogen-bond acceptors (Lipinski definition) is 4. The first-order chi connectivity index (χ1) is 11.7. The molecule has 1 aliphatic heterocycles. The van der Waals surface area contributed by atoms with Crippen LogP contribution in [-0.4, -0.2) is 40.9 Å². The highest BCUT2D eigenvalue weighted by atomic mass is 35.5. The lowest BCUT2D eigenvalue weighted by Crippen LogP contribution is -2.36. The minimum Gasteiger partial charge on any atom is -0.506 e. The number of hydrogen-bond donors (Lipinski definition) is 1. The summed E-state index contributed by atoms with van der Waals surface area (Å²) >= 11 is 6.09. The molecule has 0 radical (unpaired) electrons. The number of ether oxygens (including phenoxy) is 2. The lowest BCUT2D eigenvalue weighted by atomic mass is 10.0. The van der Waals surface area contributed by atoms with Gasteiger partial charge in [0.15, 0.2) is 0 Å². The van der Waals surface area contributed by atoms with Crippen LogP contribution in [0.5, 0.6) is 5.75 Å². The molecule has 1 heterocycles. The van der Waals surface area contributed by atoms with Crippen molar-refractivity contribution in [2.45, 2.75) is 51.9 Å². The van der Waals surface area contributed by atoms with Crippen LogP contribution in [0.4, 0.5) is 4.79 Å². The first-order valence-electron chi connectivity index (χ1n) is 8.79. The first-order valence-corrected chi connectivity index (χ1v) is 9.16. The van der Waals surface area contributed by atoms with Crippen molar-refractivity contribution >= 4 is 17.7 Å². The Balaban J connectivity index is 1.48. The Morgan fingerprint density at radius 1 is 1.28 bits per heavy atom. The highest BCUT2D eigenvalue weighted by molar-refractivity contribution is 6.32. The molecule has 2 aliphatic rings. The van der Waals surface area contributed by atoms with Crippen LogP contribution in [0.1, 0.15) is 39.2 Å². The summed E-state index contributed by atoms with van der Waals surface area (Å²) in [5, 5.41) is 10.0. The van der Waals surface area contributed by atoms with Crippen molar-refractivity contribution in [2.75, 3.05) is 13.1 Å². The van der Waals surface area contributed by atoms with Gasteiger partial charge in [0.25, 0.3) is 0 Å². The molecule has 0 spiro atoms. The van der Waals surface area contributed by atoms with Gasteiger partial charge in [0.2, 0.25) is 0 Å². The summed E-state index contributed by atoms with van der Waals surface area (Å²) in [5.74, 6) is 1.02. The summed E-state index contributed by atoms with van der Waals surface area (Å²) in [6, 6.07) is 5.20. The molecule has 25 heavy (non-hydrogen) atoms. The molecule has 1 aromatic carbocycles. The van der Waals surface area contributed by atoms with Crippen LogP contribution < -0.4 is 0 Å². The van der Waals surface area contributed by atoms with Gasteiger partial charge >= 0.3 is 6.09 Å². The van der Waals surface area contributed by atoms with E-state index in [9.17, 15) is 9.90 Å². The fourth-order valence-electron chi connectivity index (χ4n) is 3.74. The first kappa shape index (κ1) is 18.3. The molecule has 1 aliphatic carbocycles. The molecule has 0 bridgehead atoms. The zero-order chi connectivity index (χ0) is 18.2. The van der Waals surface area contributed by atoms with Crippen LogP contribution in [0.3, 0.4) is 0 Å². The van der Waals surface area contributed by atoms with Gasteiger partial charge in [-0.15, -0.1) is 0 Å². The van der Waals surface area contributed by atoms with Crippen molar-refractivity contribution in [3.05, 3.63) is 28.8 Å². The van der Waals surface area contributed by atoms with Gasteiger partial charge in [-0.25, -0.2) is 4.79 Å². The molecule has 6 heteroatoms. The molecule has 5 nitrogen and oxygen atoms in total. The number of carbonyl (C=O) groups excluding carboxylic acids is 1. The minimum atomic E-state index is -0.457. The van der Waals surface area contributed by atoms with E-state index >= 15 is 0 Å². The molecule has 1 saturated heterocycles. The summed E-state index contributed by atoms with van der Waals surface area (Å²) in [5.41, 5.74) is 0.343. The molecule has 3 rings (SSSR count). The summed E-state index contributed by atoms with van der Waals surface area (Å²) < 4.78 is 11.5. The topological polar surface area (TPSA) is 59.0 Å². The van der Waals surface area contributed by atoms with Gasteiger partial charge in [0, 0.05) is 18.7 Å². The molecule has 1 amide bonds. The molecule has 1 aromatic rings. The zero-order valence-corrected chi connectivity index (χ0v) is 15.8. The Morgan fingerprint density at radius 2 is 1.92 bits per heavy atom. The lowest BCUT2D eigenvalue weighted by Gasteiger charge is -2.25. The molecule has 1 unspecified atom stereocenters. The monoisotopic (exact) mass is 367 g/mol. The van der Waals surface area contributed by atoms with E-state index in [1.54, 1.807) is 12.1 Å². The van der Waals surface area contributed by atoms with Crippen molar-refractivity contribution in [2.24, 2.45) is 11.8 Å². The number of fused-ring (bicyclic) bond motifs is 1. The van der Waals surface area contributed by atoms with Crippen LogP contribution in [0.15, 0.2) is 18.2 Å². The zero-order valence-electron chi connectivity index (χ0n) is 15.0. The number of halogens is 1.